The van der Waals surface area contributed by atoms with Crippen LogP contribution in [-0.2, 0) is 0 Å². The minimum absolute atomic E-state index is 1.18. The van der Waals surface area contributed by atoms with Crippen molar-refractivity contribution in [1.29, 1.82) is 0 Å². The molecule has 0 radical (unpaired) electrons. The van der Waals surface area contributed by atoms with E-state index >= 15 is 0 Å². The number of rotatable bonds is 5. The lowest BCUT2D eigenvalue weighted by molar-refractivity contribution is 1.17. The van der Waals surface area contributed by atoms with Gasteiger partial charge in [0.15, 0.2) is 0 Å². The average molecular weight is 777 g/mol. The number of hydrogen-bond acceptors (Lipinski definition) is 0. The van der Waals surface area contributed by atoms with Crippen LogP contribution in [0.2, 0.25) is 0 Å². The van der Waals surface area contributed by atoms with Gasteiger partial charge in [-0.25, -0.2) is 0 Å². The van der Waals surface area contributed by atoms with Crippen LogP contribution in [-0.4, -0.2) is 9.13 Å². The van der Waals surface area contributed by atoms with Crippen molar-refractivity contribution in [1.82, 2.24) is 9.13 Å². The molecule has 2 heterocycles. The van der Waals surface area contributed by atoms with E-state index in [0.717, 1.165) is 0 Å². The number of aryl methyl sites for hydroxylation is 10. The second kappa shape index (κ2) is 14.0. The maximum Gasteiger partial charge on any atom is 0.0544 e. The van der Waals surface area contributed by atoms with E-state index < -0.39 is 0 Å². The molecule has 0 saturated carbocycles. The Balaban J connectivity index is 1.12. The Morgan fingerprint density at radius 1 is 0.267 bits per heavy atom. The Hall–Kier alpha value is -6.64. The second-order valence-electron chi connectivity index (χ2n) is 17.7. The fraction of sp³-hybridized carbons (Fsp3) is 0.172. The lowest BCUT2D eigenvalue weighted by Crippen LogP contribution is -1.97. The van der Waals surface area contributed by atoms with Crippen LogP contribution >= 0.6 is 0 Å². The normalized spacial score (nSPS) is 11.8. The first-order valence-electron chi connectivity index (χ1n) is 21.3. The van der Waals surface area contributed by atoms with Gasteiger partial charge >= 0.3 is 0 Å². The molecule has 0 aliphatic rings. The van der Waals surface area contributed by atoms with E-state index in [0.29, 0.717) is 0 Å². The van der Waals surface area contributed by atoms with Crippen LogP contribution in [0.15, 0.2) is 133 Å². The summed E-state index contributed by atoms with van der Waals surface area (Å²) in [5.41, 5.74) is 28.0. The molecule has 0 N–H and O–H groups in total. The van der Waals surface area contributed by atoms with Crippen molar-refractivity contribution >= 4 is 43.6 Å². The summed E-state index contributed by atoms with van der Waals surface area (Å²) in [7, 11) is 0. The van der Waals surface area contributed by atoms with Crippen molar-refractivity contribution in [3.8, 4) is 44.8 Å². The smallest absolute Gasteiger partial charge is 0.0544 e. The molecular weight excluding hydrogens is 725 g/mol. The van der Waals surface area contributed by atoms with Gasteiger partial charge in [-0.2, -0.15) is 0 Å². The monoisotopic (exact) mass is 776 g/mol. The largest absolute Gasteiger partial charge is 0.309 e. The Morgan fingerprint density at radius 2 is 0.600 bits per heavy atom. The van der Waals surface area contributed by atoms with Crippen molar-refractivity contribution in [3.63, 3.8) is 0 Å². The minimum atomic E-state index is 1.18. The van der Waals surface area contributed by atoms with Gasteiger partial charge < -0.3 is 9.13 Å². The number of benzene rings is 8. The van der Waals surface area contributed by atoms with E-state index in [-0.39, 0.29) is 0 Å². The first-order chi connectivity index (χ1) is 28.8. The molecule has 0 unspecified atom stereocenters. The third-order valence-corrected chi connectivity index (χ3v) is 13.0. The fourth-order valence-electron chi connectivity index (χ4n) is 10.5. The standard InChI is InChI=1S/C58H52N2/c1-33-11-21-53-49(27-33)51-31-47(37(5)29-55(51)59(53)45-17-13-43(14-18-45)57-39(7)23-35(3)24-40(57)8)48-32-52-50-28-34(2)12-22-54(50)60(56(52)30-38(48)6)46-19-15-44(16-20-46)58-41(9)25-36(4)26-42(58)10/h11-32H,1-10H3. The fourth-order valence-corrected chi connectivity index (χ4v) is 10.5. The molecular formula is C58H52N2. The van der Waals surface area contributed by atoms with Gasteiger partial charge in [-0.3, -0.25) is 0 Å². The van der Waals surface area contributed by atoms with Gasteiger partial charge in [0.2, 0.25) is 0 Å². The second-order valence-corrected chi connectivity index (χ2v) is 17.7. The molecule has 0 atom stereocenters. The van der Waals surface area contributed by atoms with Crippen LogP contribution in [0, 0.1) is 69.2 Å². The molecule has 0 fully saturated rings. The lowest BCUT2D eigenvalue weighted by Gasteiger charge is -2.15. The number of hydrogen-bond donors (Lipinski definition) is 0. The van der Waals surface area contributed by atoms with Crippen LogP contribution in [0.1, 0.15) is 55.6 Å². The molecule has 2 heteroatoms. The highest BCUT2D eigenvalue weighted by Gasteiger charge is 2.20. The molecule has 294 valence electrons. The minimum Gasteiger partial charge on any atom is -0.309 e. The molecule has 0 aliphatic heterocycles. The first-order valence-corrected chi connectivity index (χ1v) is 21.3. The van der Waals surface area contributed by atoms with Crippen molar-refractivity contribution in [3.05, 3.63) is 189 Å². The SMILES string of the molecule is Cc1cc(C)c(-c2ccc(-n3c4ccc(C)cc4c4cc(-c5cc6c7cc(C)ccc7n(-c7ccc(-c8c(C)cc(C)cc8C)cc7)c6cc5C)c(C)cc43)cc2)c(C)c1. The van der Waals surface area contributed by atoms with Crippen molar-refractivity contribution in [2.45, 2.75) is 69.2 Å². The quantitative estimate of drug-likeness (QED) is 0.165. The molecule has 0 aliphatic carbocycles. The first kappa shape index (κ1) is 37.6. The zero-order valence-corrected chi connectivity index (χ0v) is 36.6. The summed E-state index contributed by atoms with van der Waals surface area (Å²) in [6.45, 7) is 22.2. The van der Waals surface area contributed by atoms with E-state index in [1.165, 1.54) is 144 Å². The molecule has 2 nitrogen and oxygen atoms in total. The summed E-state index contributed by atoms with van der Waals surface area (Å²) in [6.07, 6.45) is 0. The summed E-state index contributed by atoms with van der Waals surface area (Å²) >= 11 is 0. The molecule has 8 aromatic carbocycles. The summed E-state index contributed by atoms with van der Waals surface area (Å²) in [4.78, 5) is 0. The number of nitrogens with zero attached hydrogens (tertiary/aromatic N) is 2. The lowest BCUT2D eigenvalue weighted by atomic mass is 9.93. The van der Waals surface area contributed by atoms with Gasteiger partial charge in [-0.05, 0) is 209 Å². The molecule has 0 saturated heterocycles. The maximum absolute atomic E-state index is 2.46. The molecule has 10 aromatic rings. The zero-order chi connectivity index (χ0) is 41.7. The number of fused-ring (bicyclic) bond motifs is 6. The summed E-state index contributed by atoms with van der Waals surface area (Å²) in [5.74, 6) is 0. The summed E-state index contributed by atoms with van der Waals surface area (Å²) in [5, 5.41) is 5.12. The predicted molar refractivity (Wildman–Crippen MR) is 259 cm³/mol. The molecule has 0 bridgehead atoms. The van der Waals surface area contributed by atoms with Crippen LogP contribution in [0.3, 0.4) is 0 Å². The summed E-state index contributed by atoms with van der Waals surface area (Å²) in [6, 6.07) is 51.1. The Kier molecular flexibility index (Phi) is 8.77. The van der Waals surface area contributed by atoms with Gasteiger partial charge in [0.1, 0.15) is 0 Å². The zero-order valence-electron chi connectivity index (χ0n) is 36.6. The van der Waals surface area contributed by atoms with Crippen LogP contribution < -0.4 is 0 Å². The highest BCUT2D eigenvalue weighted by Crippen LogP contribution is 2.42. The van der Waals surface area contributed by atoms with Crippen molar-refractivity contribution in [2.75, 3.05) is 0 Å². The molecule has 10 rings (SSSR count). The molecule has 0 spiro atoms. The van der Waals surface area contributed by atoms with Gasteiger partial charge in [-0.1, -0.05) is 82.9 Å². The topological polar surface area (TPSA) is 9.86 Å². The van der Waals surface area contributed by atoms with E-state index in [1.807, 2.05) is 0 Å². The molecule has 60 heavy (non-hydrogen) atoms. The van der Waals surface area contributed by atoms with Crippen molar-refractivity contribution in [2.24, 2.45) is 0 Å². The highest BCUT2D eigenvalue weighted by molar-refractivity contribution is 6.13. The van der Waals surface area contributed by atoms with Crippen LogP contribution in [0.25, 0.3) is 88.4 Å². The van der Waals surface area contributed by atoms with Crippen molar-refractivity contribution < 1.29 is 0 Å². The van der Waals surface area contributed by atoms with E-state index in [4.69, 9.17) is 0 Å². The van der Waals surface area contributed by atoms with Gasteiger partial charge in [0.05, 0.1) is 22.1 Å². The Morgan fingerprint density at radius 3 is 0.950 bits per heavy atom. The Bertz CT molecular complexity index is 3110. The third-order valence-electron chi connectivity index (χ3n) is 13.0. The molecule has 0 amide bonds. The molecule has 2 aromatic heterocycles. The predicted octanol–water partition coefficient (Wildman–Crippen LogP) is 16.0. The van der Waals surface area contributed by atoms with E-state index in [9.17, 15) is 0 Å². The Labute approximate surface area is 354 Å². The summed E-state index contributed by atoms with van der Waals surface area (Å²) < 4.78 is 4.91. The van der Waals surface area contributed by atoms with Gasteiger partial charge in [0, 0.05) is 32.9 Å². The van der Waals surface area contributed by atoms with Crippen LogP contribution in [0.5, 0.6) is 0 Å². The van der Waals surface area contributed by atoms with Crippen LogP contribution in [0.4, 0.5) is 0 Å². The van der Waals surface area contributed by atoms with Gasteiger partial charge in [0.25, 0.3) is 0 Å². The van der Waals surface area contributed by atoms with E-state index in [1.54, 1.807) is 0 Å². The number of aromatic nitrogens is 2. The maximum atomic E-state index is 2.46. The van der Waals surface area contributed by atoms with Gasteiger partial charge in [-0.15, -0.1) is 0 Å². The highest BCUT2D eigenvalue weighted by atomic mass is 15.0. The average Bonchev–Trinajstić information content (AvgIpc) is 3.67. The van der Waals surface area contributed by atoms with E-state index in [2.05, 4.69) is 212 Å². The third kappa shape index (κ3) is 6.00.